The summed E-state index contributed by atoms with van der Waals surface area (Å²) in [6, 6.07) is 16.3. The lowest BCUT2D eigenvalue weighted by atomic mass is 10.1. The summed E-state index contributed by atoms with van der Waals surface area (Å²) in [5.41, 5.74) is 5.57. The maximum atomic E-state index is 5.40. The first-order chi connectivity index (χ1) is 13.0. The Hall–Kier alpha value is -3.08. The van der Waals surface area contributed by atoms with E-state index in [2.05, 4.69) is 58.7 Å². The molecule has 0 atom stereocenters. The zero-order valence-electron chi connectivity index (χ0n) is 16.3. The average Bonchev–Trinajstić information content (AvgIpc) is 2.64. The van der Waals surface area contributed by atoms with E-state index in [-0.39, 0.29) is 0 Å². The van der Waals surface area contributed by atoms with Crippen LogP contribution in [0, 0.1) is 20.8 Å². The Balaban J connectivity index is 1.68. The summed E-state index contributed by atoms with van der Waals surface area (Å²) in [6.45, 7) is 6.89. The molecule has 0 saturated carbocycles. The topological polar surface area (TPSA) is 59.1 Å². The van der Waals surface area contributed by atoms with Crippen LogP contribution in [-0.2, 0) is 6.42 Å². The van der Waals surface area contributed by atoms with E-state index in [0.717, 1.165) is 41.5 Å². The van der Waals surface area contributed by atoms with E-state index in [4.69, 9.17) is 4.74 Å². The molecule has 3 rings (SSSR count). The van der Waals surface area contributed by atoms with Crippen molar-refractivity contribution in [3.05, 3.63) is 70.9 Å². The van der Waals surface area contributed by atoms with Crippen molar-refractivity contribution >= 4 is 17.5 Å². The van der Waals surface area contributed by atoms with E-state index < -0.39 is 0 Å². The van der Waals surface area contributed by atoms with Crippen molar-refractivity contribution in [3.8, 4) is 5.75 Å². The highest BCUT2D eigenvalue weighted by Gasteiger charge is 2.06. The smallest absolute Gasteiger partial charge is 0.224 e. The first-order valence-corrected chi connectivity index (χ1v) is 9.11. The monoisotopic (exact) mass is 362 g/mol. The molecular formula is C22H26N4O. The Bertz CT molecular complexity index is 924. The minimum absolute atomic E-state index is 0.622. The van der Waals surface area contributed by atoms with Crippen molar-refractivity contribution < 1.29 is 4.74 Å². The van der Waals surface area contributed by atoms with Gasteiger partial charge < -0.3 is 15.4 Å². The van der Waals surface area contributed by atoms with E-state index in [1.165, 1.54) is 11.1 Å². The van der Waals surface area contributed by atoms with Crippen LogP contribution >= 0.6 is 0 Å². The van der Waals surface area contributed by atoms with Gasteiger partial charge >= 0.3 is 0 Å². The molecule has 1 aromatic heterocycles. The Kier molecular flexibility index (Phi) is 5.91. The summed E-state index contributed by atoms with van der Waals surface area (Å²) in [7, 11) is 1.70. The Morgan fingerprint density at radius 3 is 2.56 bits per heavy atom. The molecule has 140 valence electrons. The quantitative estimate of drug-likeness (QED) is 0.632. The lowest BCUT2D eigenvalue weighted by Gasteiger charge is -2.12. The molecule has 0 aliphatic carbocycles. The molecule has 5 nitrogen and oxygen atoms in total. The number of anilines is 3. The summed E-state index contributed by atoms with van der Waals surface area (Å²) in [5.74, 6) is 2.31. The molecule has 0 bridgehead atoms. The highest BCUT2D eigenvalue weighted by atomic mass is 16.5. The van der Waals surface area contributed by atoms with Gasteiger partial charge in [-0.05, 0) is 50.5 Å². The second-order valence-corrected chi connectivity index (χ2v) is 6.65. The van der Waals surface area contributed by atoms with Crippen LogP contribution in [0.5, 0.6) is 5.75 Å². The van der Waals surface area contributed by atoms with Crippen LogP contribution in [-0.4, -0.2) is 23.6 Å². The van der Waals surface area contributed by atoms with Gasteiger partial charge in [0.25, 0.3) is 0 Å². The zero-order valence-corrected chi connectivity index (χ0v) is 16.3. The molecular weight excluding hydrogens is 336 g/mol. The fourth-order valence-corrected chi connectivity index (χ4v) is 3.02. The highest BCUT2D eigenvalue weighted by Crippen LogP contribution is 2.22. The third-order valence-electron chi connectivity index (χ3n) is 4.37. The minimum atomic E-state index is 0.622. The van der Waals surface area contributed by atoms with Crippen molar-refractivity contribution in [2.24, 2.45) is 0 Å². The number of aromatic nitrogens is 2. The Labute approximate surface area is 160 Å². The molecule has 3 aromatic rings. The van der Waals surface area contributed by atoms with Crippen LogP contribution in [0.25, 0.3) is 0 Å². The van der Waals surface area contributed by atoms with E-state index in [9.17, 15) is 0 Å². The van der Waals surface area contributed by atoms with Gasteiger partial charge in [-0.3, -0.25) is 0 Å². The number of hydrogen-bond donors (Lipinski definition) is 2. The van der Waals surface area contributed by atoms with E-state index >= 15 is 0 Å². The zero-order chi connectivity index (χ0) is 19.2. The maximum absolute atomic E-state index is 5.40. The number of aryl methyl sites for hydroxylation is 3. The second kappa shape index (κ2) is 8.54. The number of ether oxygens (including phenoxy) is 1. The van der Waals surface area contributed by atoms with Gasteiger partial charge in [0.2, 0.25) is 5.95 Å². The fourth-order valence-electron chi connectivity index (χ4n) is 3.02. The molecule has 0 spiro atoms. The maximum Gasteiger partial charge on any atom is 0.224 e. The fraction of sp³-hybridized carbons (Fsp3) is 0.273. The number of hydrogen-bond acceptors (Lipinski definition) is 5. The molecule has 27 heavy (non-hydrogen) atoms. The number of nitrogens with zero attached hydrogens (tertiary/aromatic N) is 2. The average molecular weight is 362 g/mol. The van der Waals surface area contributed by atoms with Gasteiger partial charge in [-0.25, -0.2) is 4.98 Å². The van der Waals surface area contributed by atoms with Crippen LogP contribution in [0.3, 0.4) is 0 Å². The number of rotatable bonds is 7. The van der Waals surface area contributed by atoms with Gasteiger partial charge in [0.1, 0.15) is 11.6 Å². The van der Waals surface area contributed by atoms with E-state index in [1.807, 2.05) is 31.2 Å². The van der Waals surface area contributed by atoms with Gasteiger partial charge in [-0.15, -0.1) is 0 Å². The van der Waals surface area contributed by atoms with Gasteiger partial charge in [0.15, 0.2) is 0 Å². The predicted molar refractivity (Wildman–Crippen MR) is 111 cm³/mol. The summed E-state index contributed by atoms with van der Waals surface area (Å²) < 4.78 is 5.40. The lowest BCUT2D eigenvalue weighted by Crippen LogP contribution is -2.10. The number of methoxy groups -OCH3 is 1. The Morgan fingerprint density at radius 2 is 1.78 bits per heavy atom. The van der Waals surface area contributed by atoms with E-state index in [0.29, 0.717) is 5.95 Å². The van der Waals surface area contributed by atoms with Gasteiger partial charge in [-0.2, -0.15) is 4.98 Å². The lowest BCUT2D eigenvalue weighted by molar-refractivity contribution is 0.410. The van der Waals surface area contributed by atoms with Crippen molar-refractivity contribution in [2.45, 2.75) is 27.2 Å². The van der Waals surface area contributed by atoms with Crippen molar-refractivity contribution in [2.75, 3.05) is 24.3 Å². The third-order valence-corrected chi connectivity index (χ3v) is 4.37. The van der Waals surface area contributed by atoms with Crippen LogP contribution in [0.15, 0.2) is 48.5 Å². The van der Waals surface area contributed by atoms with Gasteiger partial charge in [0, 0.05) is 24.0 Å². The second-order valence-electron chi connectivity index (χ2n) is 6.65. The van der Waals surface area contributed by atoms with Crippen LogP contribution < -0.4 is 15.4 Å². The van der Waals surface area contributed by atoms with Crippen LogP contribution in [0.2, 0.25) is 0 Å². The summed E-state index contributed by atoms with van der Waals surface area (Å²) in [5, 5.41) is 6.71. The first kappa shape index (κ1) is 18.7. The molecule has 2 aromatic carbocycles. The molecule has 0 amide bonds. The molecule has 0 unspecified atom stereocenters. The SMILES string of the molecule is COc1ccccc1CCNc1nc(C)cc(Nc2ccc(C)cc2C)n1. The number of benzene rings is 2. The molecule has 0 fully saturated rings. The van der Waals surface area contributed by atoms with Crippen molar-refractivity contribution in [1.82, 2.24) is 9.97 Å². The summed E-state index contributed by atoms with van der Waals surface area (Å²) in [6.07, 6.45) is 0.834. The predicted octanol–water partition coefficient (Wildman–Crippen LogP) is 4.81. The summed E-state index contributed by atoms with van der Waals surface area (Å²) >= 11 is 0. The standard InChI is InChI=1S/C22H26N4O/c1-15-9-10-19(16(2)13-15)25-21-14-17(3)24-22(26-21)23-12-11-18-7-5-6-8-20(18)27-4/h5-10,13-14H,11-12H2,1-4H3,(H2,23,24,25,26). The van der Waals surface area contributed by atoms with E-state index in [1.54, 1.807) is 7.11 Å². The van der Waals surface area contributed by atoms with Gasteiger partial charge in [0.05, 0.1) is 7.11 Å². The van der Waals surface area contributed by atoms with Crippen molar-refractivity contribution in [1.29, 1.82) is 0 Å². The normalized spacial score (nSPS) is 10.5. The van der Waals surface area contributed by atoms with Crippen molar-refractivity contribution in [3.63, 3.8) is 0 Å². The molecule has 0 radical (unpaired) electrons. The van der Waals surface area contributed by atoms with Crippen LogP contribution in [0.1, 0.15) is 22.4 Å². The van der Waals surface area contributed by atoms with Gasteiger partial charge in [-0.1, -0.05) is 35.9 Å². The molecule has 0 saturated heterocycles. The highest BCUT2D eigenvalue weighted by molar-refractivity contribution is 5.61. The first-order valence-electron chi connectivity index (χ1n) is 9.11. The minimum Gasteiger partial charge on any atom is -0.496 e. The largest absolute Gasteiger partial charge is 0.496 e. The number of nitrogens with one attached hydrogen (secondary N) is 2. The molecule has 5 heteroatoms. The summed E-state index contributed by atoms with van der Waals surface area (Å²) in [4.78, 5) is 9.09. The number of para-hydroxylation sites is 1. The Morgan fingerprint density at radius 1 is 0.963 bits per heavy atom. The third kappa shape index (κ3) is 4.97. The molecule has 2 N–H and O–H groups in total. The molecule has 1 heterocycles. The van der Waals surface area contributed by atoms with Crippen LogP contribution in [0.4, 0.5) is 17.5 Å². The molecule has 0 aliphatic heterocycles. The molecule has 0 aliphatic rings.